The second-order valence-corrected chi connectivity index (χ2v) is 7.77. The number of amides is 1. The number of hydrogen-bond donors (Lipinski definition) is 1. The molecule has 0 aliphatic carbocycles. The molecule has 0 spiro atoms. The van der Waals surface area contributed by atoms with E-state index in [1.54, 1.807) is 34.0 Å². The molecule has 2 aromatic heterocycles. The summed E-state index contributed by atoms with van der Waals surface area (Å²) >= 11 is 0. The molecule has 0 fully saturated rings. The topological polar surface area (TPSA) is 74.0 Å². The van der Waals surface area contributed by atoms with E-state index in [1.165, 1.54) is 0 Å². The van der Waals surface area contributed by atoms with Gasteiger partial charge in [0.15, 0.2) is 12.4 Å². The van der Waals surface area contributed by atoms with Gasteiger partial charge < -0.3 is 10.1 Å². The van der Waals surface area contributed by atoms with Crippen LogP contribution in [0.5, 0.6) is 5.75 Å². The SMILES string of the molecule is O=C(Nc1cnn(Cc2ccccc2)c1)c1ccn(COc2ccc(-c3ccccc3)cc2)n1. The molecule has 0 aliphatic rings. The van der Waals surface area contributed by atoms with Gasteiger partial charge in [-0.1, -0.05) is 72.8 Å². The fourth-order valence-electron chi connectivity index (χ4n) is 3.55. The van der Waals surface area contributed by atoms with Gasteiger partial charge in [-0.3, -0.25) is 9.48 Å². The molecule has 0 bridgehead atoms. The number of carbonyl (C=O) groups excluding carboxylic acids is 1. The van der Waals surface area contributed by atoms with E-state index in [-0.39, 0.29) is 12.6 Å². The van der Waals surface area contributed by atoms with E-state index in [0.717, 1.165) is 22.4 Å². The molecule has 168 valence electrons. The van der Waals surface area contributed by atoms with Gasteiger partial charge in [0.25, 0.3) is 5.91 Å². The molecule has 0 aliphatic heterocycles. The van der Waals surface area contributed by atoms with Crippen molar-refractivity contribution in [2.75, 3.05) is 5.32 Å². The molecule has 5 rings (SSSR count). The molecule has 7 heteroatoms. The van der Waals surface area contributed by atoms with Crippen molar-refractivity contribution in [2.24, 2.45) is 0 Å². The average molecular weight is 450 g/mol. The lowest BCUT2D eigenvalue weighted by atomic mass is 10.1. The largest absolute Gasteiger partial charge is 0.471 e. The van der Waals surface area contributed by atoms with Crippen molar-refractivity contribution in [2.45, 2.75) is 13.3 Å². The first-order valence-electron chi connectivity index (χ1n) is 10.9. The third-order valence-electron chi connectivity index (χ3n) is 5.28. The standard InChI is InChI=1S/C27H23N5O2/c33-27(29-24-17-28-32(19-24)18-21-7-3-1-4-8-21)26-15-16-31(30-26)20-34-25-13-11-23(12-14-25)22-9-5-2-6-10-22/h1-17,19H,18,20H2,(H,29,33). The Bertz CT molecular complexity index is 1360. The molecular formula is C27H23N5O2. The highest BCUT2D eigenvalue weighted by atomic mass is 16.5. The zero-order valence-electron chi connectivity index (χ0n) is 18.4. The number of carbonyl (C=O) groups is 1. The van der Waals surface area contributed by atoms with Crippen molar-refractivity contribution >= 4 is 11.6 Å². The van der Waals surface area contributed by atoms with E-state index in [9.17, 15) is 4.79 Å². The van der Waals surface area contributed by atoms with Crippen LogP contribution in [0.15, 0.2) is 110 Å². The third kappa shape index (κ3) is 5.21. The van der Waals surface area contributed by atoms with Crippen LogP contribution in [0.2, 0.25) is 0 Å². The van der Waals surface area contributed by atoms with Gasteiger partial charge in [0, 0.05) is 12.4 Å². The van der Waals surface area contributed by atoms with Gasteiger partial charge in [-0.05, 0) is 34.9 Å². The van der Waals surface area contributed by atoms with E-state index in [4.69, 9.17) is 4.74 Å². The summed E-state index contributed by atoms with van der Waals surface area (Å²) in [6.07, 6.45) is 5.14. The van der Waals surface area contributed by atoms with Crippen LogP contribution in [0.4, 0.5) is 5.69 Å². The van der Waals surface area contributed by atoms with Crippen molar-refractivity contribution < 1.29 is 9.53 Å². The fourth-order valence-corrected chi connectivity index (χ4v) is 3.55. The maximum Gasteiger partial charge on any atom is 0.276 e. The van der Waals surface area contributed by atoms with Crippen LogP contribution in [0.1, 0.15) is 16.1 Å². The lowest BCUT2D eigenvalue weighted by molar-refractivity contribution is 0.102. The van der Waals surface area contributed by atoms with Gasteiger partial charge in [-0.15, -0.1) is 0 Å². The van der Waals surface area contributed by atoms with E-state index in [0.29, 0.717) is 17.9 Å². The Morgan fingerprint density at radius 2 is 1.53 bits per heavy atom. The second kappa shape index (κ2) is 9.87. The molecule has 1 N–H and O–H groups in total. The number of rotatable bonds is 8. The first kappa shape index (κ1) is 21.2. The average Bonchev–Trinajstić information content (AvgIpc) is 3.54. The molecule has 0 saturated heterocycles. The van der Waals surface area contributed by atoms with Crippen LogP contribution in [0, 0.1) is 0 Å². The lowest BCUT2D eigenvalue weighted by Crippen LogP contribution is -2.14. The molecule has 0 radical (unpaired) electrons. The molecule has 0 atom stereocenters. The van der Waals surface area contributed by atoms with Crippen LogP contribution >= 0.6 is 0 Å². The normalized spacial score (nSPS) is 10.7. The van der Waals surface area contributed by atoms with Crippen molar-refractivity contribution in [1.82, 2.24) is 19.6 Å². The highest BCUT2D eigenvalue weighted by molar-refractivity contribution is 6.02. The molecule has 3 aromatic carbocycles. The molecule has 2 heterocycles. The highest BCUT2D eigenvalue weighted by Gasteiger charge is 2.11. The minimum absolute atomic E-state index is 0.201. The van der Waals surface area contributed by atoms with E-state index >= 15 is 0 Å². The molecule has 7 nitrogen and oxygen atoms in total. The minimum atomic E-state index is -0.301. The van der Waals surface area contributed by atoms with Crippen molar-refractivity contribution in [3.8, 4) is 16.9 Å². The summed E-state index contributed by atoms with van der Waals surface area (Å²) in [6, 6.07) is 29.7. The van der Waals surface area contributed by atoms with Gasteiger partial charge >= 0.3 is 0 Å². The first-order chi connectivity index (χ1) is 16.7. The van der Waals surface area contributed by atoms with Crippen LogP contribution in [0.3, 0.4) is 0 Å². The molecule has 0 saturated carbocycles. The predicted octanol–water partition coefficient (Wildman–Crippen LogP) is 5.08. The Labute approximate surface area is 197 Å². The first-order valence-corrected chi connectivity index (χ1v) is 10.9. The van der Waals surface area contributed by atoms with Gasteiger partial charge in [-0.2, -0.15) is 10.2 Å². The lowest BCUT2D eigenvalue weighted by Gasteiger charge is -2.07. The minimum Gasteiger partial charge on any atom is -0.471 e. The zero-order valence-corrected chi connectivity index (χ0v) is 18.4. The monoisotopic (exact) mass is 449 g/mol. The summed E-state index contributed by atoms with van der Waals surface area (Å²) in [5.74, 6) is 0.428. The molecule has 1 amide bonds. The second-order valence-electron chi connectivity index (χ2n) is 7.77. The third-order valence-corrected chi connectivity index (χ3v) is 5.28. The van der Waals surface area contributed by atoms with Crippen molar-refractivity contribution in [3.63, 3.8) is 0 Å². The van der Waals surface area contributed by atoms with Crippen LogP contribution in [-0.2, 0) is 13.3 Å². The number of hydrogen-bond acceptors (Lipinski definition) is 4. The maximum atomic E-state index is 12.6. The Balaban J connectivity index is 1.15. The summed E-state index contributed by atoms with van der Waals surface area (Å²) in [5.41, 5.74) is 4.33. The maximum absolute atomic E-state index is 12.6. The molecule has 34 heavy (non-hydrogen) atoms. The van der Waals surface area contributed by atoms with Gasteiger partial charge in [0.2, 0.25) is 0 Å². The van der Waals surface area contributed by atoms with E-state index in [2.05, 4.69) is 27.6 Å². The Morgan fingerprint density at radius 3 is 2.29 bits per heavy atom. The number of benzene rings is 3. The Hall–Kier alpha value is -4.65. The predicted molar refractivity (Wildman–Crippen MR) is 130 cm³/mol. The molecule has 0 unspecified atom stereocenters. The smallest absolute Gasteiger partial charge is 0.276 e. The number of anilines is 1. The van der Waals surface area contributed by atoms with E-state index < -0.39 is 0 Å². The zero-order chi connectivity index (χ0) is 23.2. The van der Waals surface area contributed by atoms with Crippen LogP contribution in [0.25, 0.3) is 11.1 Å². The number of aromatic nitrogens is 4. The summed E-state index contributed by atoms with van der Waals surface area (Å²) in [5, 5.41) is 11.5. The summed E-state index contributed by atoms with van der Waals surface area (Å²) in [7, 11) is 0. The van der Waals surface area contributed by atoms with E-state index in [1.807, 2.05) is 72.8 Å². The van der Waals surface area contributed by atoms with Gasteiger partial charge in [-0.25, -0.2) is 4.68 Å². The van der Waals surface area contributed by atoms with Crippen LogP contribution in [-0.4, -0.2) is 25.5 Å². The number of ether oxygens (including phenoxy) is 1. The Morgan fingerprint density at radius 1 is 0.824 bits per heavy atom. The summed E-state index contributed by atoms with van der Waals surface area (Å²) in [6.45, 7) is 0.835. The Kier molecular flexibility index (Phi) is 6.16. The van der Waals surface area contributed by atoms with Gasteiger partial charge in [0.1, 0.15) is 5.75 Å². The number of nitrogens with one attached hydrogen (secondary N) is 1. The molecular weight excluding hydrogens is 426 g/mol. The number of nitrogens with zero attached hydrogens (tertiary/aromatic N) is 4. The fraction of sp³-hybridized carbons (Fsp3) is 0.0741. The van der Waals surface area contributed by atoms with Gasteiger partial charge in [0.05, 0.1) is 18.4 Å². The van der Waals surface area contributed by atoms with Crippen molar-refractivity contribution in [3.05, 3.63) is 121 Å². The molecule has 5 aromatic rings. The summed E-state index contributed by atoms with van der Waals surface area (Å²) in [4.78, 5) is 12.6. The summed E-state index contributed by atoms with van der Waals surface area (Å²) < 4.78 is 9.17. The van der Waals surface area contributed by atoms with Crippen LogP contribution < -0.4 is 10.1 Å². The van der Waals surface area contributed by atoms with Crippen molar-refractivity contribution in [1.29, 1.82) is 0 Å². The quantitative estimate of drug-likeness (QED) is 0.358. The highest BCUT2D eigenvalue weighted by Crippen LogP contribution is 2.22.